The fourth-order valence-corrected chi connectivity index (χ4v) is 10.00. The number of rotatable bonds is 1. The second kappa shape index (κ2) is 7.18. The van der Waals surface area contributed by atoms with Crippen LogP contribution in [0.2, 0.25) is 0 Å². The lowest BCUT2D eigenvalue weighted by molar-refractivity contribution is -0.201. The van der Waals surface area contributed by atoms with Gasteiger partial charge in [-0.3, -0.25) is 19.2 Å². The summed E-state index contributed by atoms with van der Waals surface area (Å²) in [5.41, 5.74) is -2.67. The van der Waals surface area contributed by atoms with Gasteiger partial charge in [0.2, 0.25) is 11.6 Å². The minimum atomic E-state index is -1.35. The first kappa shape index (κ1) is 25.8. The van der Waals surface area contributed by atoms with E-state index < -0.39 is 51.2 Å². The van der Waals surface area contributed by atoms with E-state index in [-0.39, 0.29) is 28.4 Å². The number of carboxylic acids is 1. The number of carbonyl (C=O) groups is 4. The number of ketones is 3. The summed E-state index contributed by atoms with van der Waals surface area (Å²) < 4.78 is 0. The maximum atomic E-state index is 14.2. The van der Waals surface area contributed by atoms with Gasteiger partial charge in [0.25, 0.3) is 0 Å². The van der Waals surface area contributed by atoms with E-state index in [0.29, 0.717) is 19.3 Å². The van der Waals surface area contributed by atoms with Crippen molar-refractivity contribution in [2.75, 3.05) is 0 Å². The molecule has 5 aliphatic carbocycles. The molecule has 2 N–H and O–H groups in total. The van der Waals surface area contributed by atoms with E-state index in [1.807, 2.05) is 27.7 Å². The van der Waals surface area contributed by atoms with Gasteiger partial charge in [-0.1, -0.05) is 47.1 Å². The van der Waals surface area contributed by atoms with Gasteiger partial charge in [-0.15, -0.1) is 0 Å². The lowest BCUT2D eigenvalue weighted by Crippen LogP contribution is -2.71. The van der Waals surface area contributed by atoms with Crippen molar-refractivity contribution < 1.29 is 29.4 Å². The molecular formula is C30H42O6. The van der Waals surface area contributed by atoms with Gasteiger partial charge in [0.15, 0.2) is 5.78 Å². The third kappa shape index (κ3) is 2.77. The molecule has 0 heterocycles. The van der Waals surface area contributed by atoms with Crippen LogP contribution >= 0.6 is 0 Å². The van der Waals surface area contributed by atoms with Crippen LogP contribution in [0.1, 0.15) is 93.4 Å². The molecule has 0 aromatic carbocycles. The second-order valence-corrected chi connectivity index (χ2v) is 14.8. The molecule has 1 unspecified atom stereocenters. The normalized spacial score (nSPS) is 51.9. The van der Waals surface area contributed by atoms with Crippen LogP contribution < -0.4 is 0 Å². The molecule has 0 aromatic rings. The Labute approximate surface area is 214 Å². The van der Waals surface area contributed by atoms with E-state index in [2.05, 4.69) is 20.8 Å². The predicted octanol–water partition coefficient (Wildman–Crippen LogP) is 4.77. The summed E-state index contributed by atoms with van der Waals surface area (Å²) in [6, 6.07) is 0. The van der Waals surface area contributed by atoms with Gasteiger partial charge in [-0.2, -0.15) is 0 Å². The van der Waals surface area contributed by atoms with Gasteiger partial charge >= 0.3 is 5.97 Å². The second-order valence-electron chi connectivity index (χ2n) is 14.8. The highest BCUT2D eigenvalue weighted by atomic mass is 16.4. The Morgan fingerprint density at radius 2 is 1.53 bits per heavy atom. The molecule has 6 heteroatoms. The Hall–Kier alpha value is -1.82. The lowest BCUT2D eigenvalue weighted by Gasteiger charge is -2.69. The highest BCUT2D eigenvalue weighted by Crippen LogP contribution is 2.74. The molecule has 0 radical (unpaired) electrons. The number of hydrogen-bond donors (Lipinski definition) is 2. The van der Waals surface area contributed by atoms with Crippen LogP contribution in [0.3, 0.4) is 0 Å². The van der Waals surface area contributed by atoms with Crippen molar-refractivity contribution in [2.24, 2.45) is 50.2 Å². The van der Waals surface area contributed by atoms with Crippen LogP contribution in [0.25, 0.3) is 0 Å². The molecule has 0 spiro atoms. The molecule has 5 aliphatic rings. The first-order valence-corrected chi connectivity index (χ1v) is 13.7. The highest BCUT2D eigenvalue weighted by molar-refractivity contribution is 6.42. The number of carbonyl (C=O) groups excluding carboxylic acids is 3. The minimum absolute atomic E-state index is 0.000284. The van der Waals surface area contributed by atoms with E-state index in [1.165, 1.54) is 0 Å². The molecule has 0 amide bonds. The number of aliphatic hydroxyl groups excluding tert-OH is 1. The van der Waals surface area contributed by atoms with Gasteiger partial charge < -0.3 is 10.2 Å². The van der Waals surface area contributed by atoms with Gasteiger partial charge in [0, 0.05) is 16.7 Å². The monoisotopic (exact) mass is 498 g/mol. The third-order valence-corrected chi connectivity index (χ3v) is 12.8. The number of aliphatic carboxylic acids is 1. The number of allylic oxidation sites excluding steroid dienone is 2. The fraction of sp³-hybridized carbons (Fsp3) is 0.800. The van der Waals surface area contributed by atoms with Crippen molar-refractivity contribution in [3.8, 4) is 0 Å². The first-order valence-electron chi connectivity index (χ1n) is 13.7. The van der Waals surface area contributed by atoms with Crippen molar-refractivity contribution >= 4 is 23.3 Å². The van der Waals surface area contributed by atoms with E-state index >= 15 is 0 Å². The maximum Gasteiger partial charge on any atom is 0.309 e. The molecule has 9 atom stereocenters. The highest BCUT2D eigenvalue weighted by Gasteiger charge is 2.73. The smallest absolute Gasteiger partial charge is 0.309 e. The Balaban J connectivity index is 1.67. The van der Waals surface area contributed by atoms with Gasteiger partial charge in [0.1, 0.15) is 6.10 Å². The summed E-state index contributed by atoms with van der Waals surface area (Å²) in [6.45, 7) is 14.0. The average Bonchev–Trinajstić information content (AvgIpc) is 2.79. The fourth-order valence-electron chi connectivity index (χ4n) is 10.00. The van der Waals surface area contributed by atoms with Crippen molar-refractivity contribution in [1.29, 1.82) is 0 Å². The number of hydrogen-bond acceptors (Lipinski definition) is 5. The van der Waals surface area contributed by atoms with Gasteiger partial charge in [0.05, 0.1) is 5.41 Å². The zero-order valence-electron chi connectivity index (χ0n) is 22.9. The number of fused-ring (bicyclic) bond motifs is 7. The Morgan fingerprint density at radius 3 is 2.14 bits per heavy atom. The van der Waals surface area contributed by atoms with E-state index in [9.17, 15) is 29.4 Å². The van der Waals surface area contributed by atoms with E-state index in [0.717, 1.165) is 31.3 Å². The van der Waals surface area contributed by atoms with Crippen LogP contribution in [-0.2, 0) is 19.2 Å². The summed E-state index contributed by atoms with van der Waals surface area (Å²) in [7, 11) is 0. The maximum absolute atomic E-state index is 14.2. The average molecular weight is 499 g/mol. The summed E-state index contributed by atoms with van der Waals surface area (Å²) in [5, 5.41) is 20.8. The molecule has 4 fully saturated rings. The molecule has 198 valence electrons. The zero-order chi connectivity index (χ0) is 26.9. The third-order valence-electron chi connectivity index (χ3n) is 12.8. The zero-order valence-corrected chi connectivity index (χ0v) is 22.9. The minimum Gasteiger partial charge on any atom is -0.481 e. The van der Waals surface area contributed by atoms with Crippen LogP contribution in [0, 0.1) is 50.2 Å². The summed E-state index contributed by atoms with van der Waals surface area (Å²) >= 11 is 0. The van der Waals surface area contributed by atoms with Crippen molar-refractivity contribution in [3.05, 3.63) is 11.6 Å². The molecule has 36 heavy (non-hydrogen) atoms. The number of aliphatic hydroxyl groups is 1. The van der Waals surface area contributed by atoms with Crippen LogP contribution in [0.15, 0.2) is 11.6 Å². The molecule has 0 aliphatic heterocycles. The topological polar surface area (TPSA) is 109 Å². The largest absolute Gasteiger partial charge is 0.481 e. The van der Waals surface area contributed by atoms with Crippen LogP contribution in [-0.4, -0.2) is 39.6 Å². The van der Waals surface area contributed by atoms with E-state index in [1.54, 1.807) is 6.08 Å². The number of carboxylic acid groups (broad SMARTS) is 1. The Bertz CT molecular complexity index is 1120. The summed E-state index contributed by atoms with van der Waals surface area (Å²) in [5.74, 6) is -3.15. The SMILES string of the molecule is CC1(C)C2CC[C@]3(C)[C@H](C(=O)C=C4[C@H]5C[C@@](C)(C(=O)O)CC[C@]5(C)CC[C@]43C)[C@@]2(C)C(=O)C(=O)[C@@H]1O. The predicted molar refractivity (Wildman–Crippen MR) is 134 cm³/mol. The van der Waals surface area contributed by atoms with Gasteiger partial charge in [-0.25, -0.2) is 0 Å². The van der Waals surface area contributed by atoms with Gasteiger partial charge in [-0.05, 0) is 86.0 Å². The van der Waals surface area contributed by atoms with Crippen molar-refractivity contribution in [1.82, 2.24) is 0 Å². The molecular weight excluding hydrogens is 456 g/mol. The molecule has 5 rings (SSSR count). The molecule has 0 bridgehead atoms. The quantitative estimate of drug-likeness (QED) is 0.504. The first-order chi connectivity index (χ1) is 16.4. The summed E-state index contributed by atoms with van der Waals surface area (Å²) in [6.07, 6.45) is 5.63. The van der Waals surface area contributed by atoms with Crippen LogP contribution in [0.5, 0.6) is 0 Å². The molecule has 4 saturated carbocycles. The van der Waals surface area contributed by atoms with Crippen molar-refractivity contribution in [2.45, 2.75) is 99.5 Å². The van der Waals surface area contributed by atoms with E-state index in [4.69, 9.17) is 0 Å². The lowest BCUT2D eigenvalue weighted by atomic mass is 9.33. The molecule has 0 aromatic heterocycles. The Morgan fingerprint density at radius 1 is 0.917 bits per heavy atom. The van der Waals surface area contributed by atoms with Crippen molar-refractivity contribution in [3.63, 3.8) is 0 Å². The Kier molecular flexibility index (Phi) is 5.15. The number of Topliss-reactive ketones (excluding diaryl/α,β-unsaturated/α-hetero) is 2. The molecule has 0 saturated heterocycles. The molecule has 6 nitrogen and oxygen atoms in total. The standard InChI is InChI=1S/C30H42O6/c1-25(2)19-8-9-29(6)21(30(19,7)23(34)20(32)22(25)33)18(31)14-16-17-15-27(4,24(35)36)11-10-26(17,3)12-13-28(16,29)5/h14,17,19,21-22,33H,8-13,15H2,1-7H3,(H,35,36)/t17-,19?,21+,22+,26-,27+,28-,29-,30+/m1/s1. The van der Waals surface area contributed by atoms with Crippen LogP contribution in [0.4, 0.5) is 0 Å². The summed E-state index contributed by atoms with van der Waals surface area (Å²) in [4.78, 5) is 53.1.